The molecule has 0 aromatic heterocycles. The number of primary sulfonamides is 2. The van der Waals surface area contributed by atoms with Crippen LogP contribution in [0.2, 0.25) is 0 Å². The van der Waals surface area contributed by atoms with Crippen molar-refractivity contribution in [1.82, 2.24) is 0 Å². The Morgan fingerprint density at radius 2 is 1.03 bits per heavy atom. The van der Waals surface area contributed by atoms with Crippen molar-refractivity contribution in [3.05, 3.63) is 25.3 Å². The van der Waals surface area contributed by atoms with Crippen LogP contribution in [0.3, 0.4) is 0 Å². The van der Waals surface area contributed by atoms with E-state index < -0.39 is 41.5 Å². The van der Waals surface area contributed by atoms with Crippen LogP contribution in [-0.4, -0.2) is 52.5 Å². The van der Waals surface area contributed by atoms with Crippen molar-refractivity contribution >= 4 is 32.0 Å². The molecule has 0 aliphatic rings. The Balaban J connectivity index is 0. The van der Waals surface area contributed by atoms with E-state index in [9.17, 15) is 26.4 Å². The van der Waals surface area contributed by atoms with E-state index in [1.54, 1.807) is 12.2 Å². The molecule has 32 heavy (non-hydrogen) atoms. The van der Waals surface area contributed by atoms with E-state index in [1.165, 1.54) is 28.1 Å². The normalized spacial score (nSPS) is 15.2. The SMILES string of the molecule is C=CCC[C@@](C)(CCC(=O)OC)S(N)(=O)=O.C=CCC[C@](C)(CCC(=O)OC)S(N)(=O)=O. The average Bonchev–Trinajstić information content (AvgIpc) is 2.71. The first-order valence-electron chi connectivity index (χ1n) is 9.93. The summed E-state index contributed by atoms with van der Waals surface area (Å²) in [7, 11) is -4.86. The van der Waals surface area contributed by atoms with Gasteiger partial charge in [0.05, 0.1) is 23.7 Å². The lowest BCUT2D eigenvalue weighted by Gasteiger charge is -2.26. The van der Waals surface area contributed by atoms with Crippen molar-refractivity contribution in [1.29, 1.82) is 0 Å². The number of carbonyl (C=O) groups is 2. The van der Waals surface area contributed by atoms with Gasteiger partial charge < -0.3 is 9.47 Å². The second-order valence-electron chi connectivity index (χ2n) is 7.80. The van der Waals surface area contributed by atoms with E-state index in [1.807, 2.05) is 0 Å². The number of nitrogens with two attached hydrogens (primary N) is 2. The van der Waals surface area contributed by atoms with Gasteiger partial charge in [0.1, 0.15) is 0 Å². The van der Waals surface area contributed by atoms with Gasteiger partial charge in [-0.1, -0.05) is 12.2 Å². The summed E-state index contributed by atoms with van der Waals surface area (Å²) in [5.74, 6) is -0.873. The second-order valence-corrected chi connectivity index (χ2v) is 11.9. The lowest BCUT2D eigenvalue weighted by atomic mass is 9.98. The van der Waals surface area contributed by atoms with Gasteiger partial charge in [0.15, 0.2) is 0 Å². The summed E-state index contributed by atoms with van der Waals surface area (Å²) in [4.78, 5) is 22.0. The maximum absolute atomic E-state index is 11.5. The van der Waals surface area contributed by atoms with Gasteiger partial charge in [-0.15, -0.1) is 13.2 Å². The molecule has 0 fully saturated rings. The average molecular weight is 499 g/mol. The zero-order valence-corrected chi connectivity index (χ0v) is 21.1. The van der Waals surface area contributed by atoms with Crippen LogP contribution in [0.4, 0.5) is 0 Å². The summed E-state index contributed by atoms with van der Waals surface area (Å²) in [6.45, 7) is 10.1. The van der Waals surface area contributed by atoms with E-state index >= 15 is 0 Å². The molecule has 0 radical (unpaired) electrons. The monoisotopic (exact) mass is 498 g/mol. The zero-order chi connectivity index (χ0) is 25.6. The molecule has 0 saturated carbocycles. The summed E-state index contributed by atoms with van der Waals surface area (Å²) < 4.78 is 52.5. The van der Waals surface area contributed by atoms with Crippen LogP contribution in [0.15, 0.2) is 25.3 Å². The highest BCUT2D eigenvalue weighted by molar-refractivity contribution is 7.90. The van der Waals surface area contributed by atoms with Crippen LogP contribution in [0, 0.1) is 0 Å². The highest BCUT2D eigenvalue weighted by Crippen LogP contribution is 2.28. The van der Waals surface area contributed by atoms with Gasteiger partial charge in [-0.05, 0) is 52.4 Å². The lowest BCUT2D eigenvalue weighted by Crippen LogP contribution is -2.41. The molecule has 0 saturated heterocycles. The van der Waals surface area contributed by atoms with Gasteiger partial charge in [0, 0.05) is 12.8 Å². The van der Waals surface area contributed by atoms with Gasteiger partial charge >= 0.3 is 11.9 Å². The van der Waals surface area contributed by atoms with Gasteiger partial charge in [0.2, 0.25) is 20.0 Å². The first-order chi connectivity index (χ1) is 14.5. The molecule has 12 heteroatoms. The molecular weight excluding hydrogens is 460 g/mol. The molecule has 0 aliphatic heterocycles. The predicted octanol–water partition coefficient (Wildman–Crippen LogP) is 1.91. The van der Waals surface area contributed by atoms with Crippen LogP contribution < -0.4 is 10.3 Å². The molecule has 0 aromatic rings. The van der Waals surface area contributed by atoms with E-state index in [-0.39, 0.29) is 25.7 Å². The number of hydrogen-bond donors (Lipinski definition) is 2. The van der Waals surface area contributed by atoms with Crippen molar-refractivity contribution in [2.24, 2.45) is 10.3 Å². The van der Waals surface area contributed by atoms with E-state index in [0.717, 1.165) is 0 Å². The number of allylic oxidation sites excluding steroid dienone is 2. The lowest BCUT2D eigenvalue weighted by molar-refractivity contribution is -0.141. The third kappa shape index (κ3) is 11.7. The topological polar surface area (TPSA) is 173 Å². The first-order valence-corrected chi connectivity index (χ1v) is 13.0. The smallest absolute Gasteiger partial charge is 0.305 e. The summed E-state index contributed by atoms with van der Waals surface area (Å²) in [6, 6.07) is 0. The maximum Gasteiger partial charge on any atom is 0.305 e. The Morgan fingerprint density at radius 3 is 1.22 bits per heavy atom. The highest BCUT2D eigenvalue weighted by Gasteiger charge is 2.37. The van der Waals surface area contributed by atoms with Crippen LogP contribution in [0.5, 0.6) is 0 Å². The molecule has 0 rings (SSSR count). The summed E-state index contributed by atoms with van der Waals surface area (Å²) in [5.41, 5.74) is 0. The van der Waals surface area contributed by atoms with Crippen LogP contribution in [0.25, 0.3) is 0 Å². The minimum atomic E-state index is -3.70. The molecule has 0 spiro atoms. The molecule has 2 atom stereocenters. The third-order valence-corrected chi connectivity index (χ3v) is 8.86. The second kappa shape index (κ2) is 14.4. The van der Waals surface area contributed by atoms with Crippen molar-refractivity contribution in [3.63, 3.8) is 0 Å². The molecule has 0 bridgehead atoms. The van der Waals surface area contributed by atoms with Crippen molar-refractivity contribution < 1.29 is 35.9 Å². The standard InChI is InChI=1S/2C10H19NO4S/c2*1-4-5-7-10(2,16(11,13)14)8-6-9(12)15-3/h2*4H,1,5-8H2,2-3H3,(H2,11,13,14)/t2*10-/m10/s1. The Labute approximate surface area is 192 Å². The minimum Gasteiger partial charge on any atom is -0.469 e. The van der Waals surface area contributed by atoms with E-state index in [0.29, 0.717) is 25.7 Å². The Bertz CT molecular complexity index is 770. The van der Waals surface area contributed by atoms with Gasteiger partial charge in [-0.3, -0.25) is 9.59 Å². The third-order valence-electron chi connectivity index (χ3n) is 5.30. The molecule has 10 nitrogen and oxygen atoms in total. The first kappa shape index (κ1) is 32.4. The van der Waals surface area contributed by atoms with Crippen LogP contribution >= 0.6 is 0 Å². The molecule has 4 N–H and O–H groups in total. The van der Waals surface area contributed by atoms with E-state index in [2.05, 4.69) is 22.6 Å². The number of methoxy groups -OCH3 is 2. The minimum absolute atomic E-state index is 0.0422. The summed E-state index contributed by atoms with van der Waals surface area (Å²) in [6.07, 6.45) is 5.43. The summed E-state index contributed by atoms with van der Waals surface area (Å²) >= 11 is 0. The van der Waals surface area contributed by atoms with Gasteiger partial charge in [-0.25, -0.2) is 27.1 Å². The quantitative estimate of drug-likeness (QED) is 0.270. The largest absolute Gasteiger partial charge is 0.469 e. The number of carbonyl (C=O) groups excluding carboxylic acids is 2. The molecule has 0 aliphatic carbocycles. The fraction of sp³-hybridized carbons (Fsp3) is 0.700. The number of ether oxygens (including phenoxy) is 2. The van der Waals surface area contributed by atoms with Crippen molar-refractivity contribution in [3.8, 4) is 0 Å². The Kier molecular flexibility index (Phi) is 14.6. The molecule has 0 heterocycles. The van der Waals surface area contributed by atoms with Crippen molar-refractivity contribution in [2.75, 3.05) is 14.2 Å². The molecule has 0 aromatic carbocycles. The fourth-order valence-electron chi connectivity index (χ4n) is 2.57. The zero-order valence-electron chi connectivity index (χ0n) is 19.5. The maximum atomic E-state index is 11.5. The Hall–Kier alpha value is -1.76. The predicted molar refractivity (Wildman–Crippen MR) is 124 cm³/mol. The van der Waals surface area contributed by atoms with Gasteiger partial charge in [-0.2, -0.15) is 0 Å². The molecule has 0 unspecified atom stereocenters. The fourth-order valence-corrected chi connectivity index (χ4v) is 4.15. The van der Waals surface area contributed by atoms with Crippen LogP contribution in [-0.2, 0) is 39.1 Å². The Morgan fingerprint density at radius 1 is 0.750 bits per heavy atom. The van der Waals surface area contributed by atoms with Crippen LogP contribution in [0.1, 0.15) is 65.2 Å². The molecule has 0 amide bonds. The number of hydrogen-bond acceptors (Lipinski definition) is 8. The van der Waals surface area contributed by atoms with E-state index in [4.69, 9.17) is 10.3 Å². The van der Waals surface area contributed by atoms with Crippen molar-refractivity contribution in [2.45, 2.75) is 74.7 Å². The number of rotatable bonds is 14. The van der Waals surface area contributed by atoms with Gasteiger partial charge in [0.25, 0.3) is 0 Å². The molecular formula is C20H38N2O8S2. The number of esters is 2. The highest BCUT2D eigenvalue weighted by atomic mass is 32.2. The summed E-state index contributed by atoms with van der Waals surface area (Å²) in [5, 5.41) is 10.3. The number of sulfonamides is 2. The molecule has 188 valence electrons.